The lowest BCUT2D eigenvalue weighted by Crippen LogP contribution is -2.27. The first-order valence-electron chi connectivity index (χ1n) is 5.64. The highest BCUT2D eigenvalue weighted by atomic mass is 79.9. The summed E-state index contributed by atoms with van der Waals surface area (Å²) in [7, 11) is 0. The number of nitrogens with one attached hydrogen (secondary N) is 1. The van der Waals surface area contributed by atoms with Crippen LogP contribution in [0, 0.1) is 5.82 Å². The lowest BCUT2D eigenvalue weighted by Gasteiger charge is -2.13. The zero-order valence-electron chi connectivity index (χ0n) is 9.94. The largest absolute Gasteiger partial charge is 0.323 e. The van der Waals surface area contributed by atoms with E-state index in [1.165, 1.54) is 18.2 Å². The monoisotopic (exact) mass is 322 g/mol. The topological polar surface area (TPSA) is 55.1 Å². The molecule has 0 unspecified atom stereocenters. The number of amides is 1. The van der Waals surface area contributed by atoms with Crippen molar-refractivity contribution >= 4 is 27.5 Å². The molecule has 0 bridgehead atoms. The second-order valence-electron chi connectivity index (χ2n) is 4.00. The van der Waals surface area contributed by atoms with Gasteiger partial charge in [-0.3, -0.25) is 4.79 Å². The molecule has 1 atom stereocenters. The summed E-state index contributed by atoms with van der Waals surface area (Å²) in [5, 5.41) is 2.66. The van der Waals surface area contributed by atoms with Crippen LogP contribution >= 0.6 is 15.9 Å². The third-order valence-electron chi connectivity index (χ3n) is 2.63. The van der Waals surface area contributed by atoms with Gasteiger partial charge in [0.1, 0.15) is 11.9 Å². The van der Waals surface area contributed by atoms with E-state index in [-0.39, 0.29) is 11.7 Å². The Labute approximate surface area is 118 Å². The van der Waals surface area contributed by atoms with Gasteiger partial charge in [-0.1, -0.05) is 30.3 Å². The molecule has 1 amide bonds. The second-order valence-corrected chi connectivity index (χ2v) is 4.86. The van der Waals surface area contributed by atoms with Gasteiger partial charge in [-0.05, 0) is 39.7 Å². The number of carbonyl (C=O) groups excluding carboxylic acids is 1. The number of halogens is 2. The van der Waals surface area contributed by atoms with E-state index < -0.39 is 6.04 Å². The molecule has 0 aliphatic carbocycles. The van der Waals surface area contributed by atoms with Crippen LogP contribution in [-0.4, -0.2) is 5.91 Å². The summed E-state index contributed by atoms with van der Waals surface area (Å²) in [4.78, 5) is 12.0. The SMILES string of the molecule is N[C@H](C(=O)Nc1ccc(F)cc1Br)c1ccccc1. The molecule has 0 aromatic heterocycles. The van der Waals surface area contributed by atoms with Gasteiger partial charge in [0.15, 0.2) is 0 Å². The van der Waals surface area contributed by atoms with Crippen LogP contribution in [0.5, 0.6) is 0 Å². The fraction of sp³-hybridized carbons (Fsp3) is 0.0714. The molecule has 2 aromatic carbocycles. The highest BCUT2D eigenvalue weighted by Crippen LogP contribution is 2.24. The van der Waals surface area contributed by atoms with Crippen molar-refractivity contribution in [2.24, 2.45) is 5.73 Å². The maximum Gasteiger partial charge on any atom is 0.245 e. The van der Waals surface area contributed by atoms with Crippen molar-refractivity contribution < 1.29 is 9.18 Å². The Morgan fingerprint density at radius 1 is 1.21 bits per heavy atom. The van der Waals surface area contributed by atoms with Crippen molar-refractivity contribution in [3.63, 3.8) is 0 Å². The minimum absolute atomic E-state index is 0.349. The molecule has 3 nitrogen and oxygen atoms in total. The van der Waals surface area contributed by atoms with Crippen LogP contribution in [0.25, 0.3) is 0 Å². The van der Waals surface area contributed by atoms with E-state index in [4.69, 9.17) is 5.73 Å². The highest BCUT2D eigenvalue weighted by molar-refractivity contribution is 9.10. The molecule has 98 valence electrons. The number of nitrogens with two attached hydrogens (primary N) is 1. The molecule has 3 N–H and O–H groups in total. The summed E-state index contributed by atoms with van der Waals surface area (Å²) in [6.07, 6.45) is 0. The highest BCUT2D eigenvalue weighted by Gasteiger charge is 2.16. The molecule has 19 heavy (non-hydrogen) atoms. The van der Waals surface area contributed by atoms with E-state index in [9.17, 15) is 9.18 Å². The maximum atomic E-state index is 12.9. The van der Waals surface area contributed by atoms with Crippen LogP contribution in [0.2, 0.25) is 0 Å². The Bertz CT molecular complexity index is 589. The first-order chi connectivity index (χ1) is 9.08. The summed E-state index contributed by atoms with van der Waals surface area (Å²) < 4.78 is 13.4. The minimum atomic E-state index is -0.766. The number of carbonyl (C=O) groups is 1. The van der Waals surface area contributed by atoms with Crippen molar-refractivity contribution in [1.29, 1.82) is 0 Å². The van der Waals surface area contributed by atoms with Crippen LogP contribution in [0.3, 0.4) is 0 Å². The van der Waals surface area contributed by atoms with Gasteiger partial charge in [0, 0.05) is 4.47 Å². The Kier molecular flexibility index (Phi) is 4.29. The van der Waals surface area contributed by atoms with E-state index in [1.54, 1.807) is 12.1 Å². The molecule has 0 radical (unpaired) electrons. The van der Waals surface area contributed by atoms with Gasteiger partial charge < -0.3 is 11.1 Å². The van der Waals surface area contributed by atoms with E-state index in [0.29, 0.717) is 10.2 Å². The molecular formula is C14H12BrFN2O. The third-order valence-corrected chi connectivity index (χ3v) is 3.29. The average Bonchev–Trinajstić information content (AvgIpc) is 2.42. The summed E-state index contributed by atoms with van der Waals surface area (Å²) >= 11 is 3.19. The number of hydrogen-bond donors (Lipinski definition) is 2. The van der Waals surface area contributed by atoms with Crippen molar-refractivity contribution in [1.82, 2.24) is 0 Å². The Morgan fingerprint density at radius 3 is 2.53 bits per heavy atom. The van der Waals surface area contributed by atoms with Crippen LogP contribution in [-0.2, 0) is 4.79 Å². The predicted octanol–water partition coefficient (Wildman–Crippen LogP) is 3.23. The summed E-state index contributed by atoms with van der Waals surface area (Å²) in [5.41, 5.74) is 7.07. The normalized spacial score (nSPS) is 11.9. The summed E-state index contributed by atoms with van der Waals surface area (Å²) in [6, 6.07) is 12.3. The fourth-order valence-corrected chi connectivity index (χ4v) is 2.06. The molecule has 0 aliphatic rings. The van der Waals surface area contributed by atoms with E-state index in [0.717, 1.165) is 5.56 Å². The predicted molar refractivity (Wildman–Crippen MR) is 76.1 cm³/mol. The first-order valence-corrected chi connectivity index (χ1v) is 6.43. The molecule has 5 heteroatoms. The van der Waals surface area contributed by atoms with Gasteiger partial charge in [0.25, 0.3) is 0 Å². The van der Waals surface area contributed by atoms with E-state index in [2.05, 4.69) is 21.2 Å². The molecule has 0 saturated heterocycles. The number of hydrogen-bond acceptors (Lipinski definition) is 2. The van der Waals surface area contributed by atoms with Crippen LogP contribution < -0.4 is 11.1 Å². The Hall–Kier alpha value is -1.72. The molecule has 0 aliphatic heterocycles. The zero-order chi connectivity index (χ0) is 13.8. The molecular weight excluding hydrogens is 311 g/mol. The van der Waals surface area contributed by atoms with Gasteiger partial charge >= 0.3 is 0 Å². The van der Waals surface area contributed by atoms with Crippen molar-refractivity contribution in [2.45, 2.75) is 6.04 Å². The molecule has 2 rings (SSSR count). The van der Waals surface area contributed by atoms with Crippen LogP contribution in [0.15, 0.2) is 53.0 Å². The average molecular weight is 323 g/mol. The molecule has 2 aromatic rings. The Morgan fingerprint density at radius 2 is 1.89 bits per heavy atom. The van der Waals surface area contributed by atoms with Crippen molar-refractivity contribution in [3.8, 4) is 0 Å². The molecule has 0 heterocycles. The zero-order valence-corrected chi connectivity index (χ0v) is 11.5. The van der Waals surface area contributed by atoms with Gasteiger partial charge in [-0.2, -0.15) is 0 Å². The van der Waals surface area contributed by atoms with Crippen molar-refractivity contribution in [2.75, 3.05) is 5.32 Å². The van der Waals surface area contributed by atoms with Gasteiger partial charge in [0.2, 0.25) is 5.91 Å². The number of benzene rings is 2. The lowest BCUT2D eigenvalue weighted by atomic mass is 10.1. The standard InChI is InChI=1S/C14H12BrFN2O/c15-11-8-10(16)6-7-12(11)18-14(19)13(17)9-4-2-1-3-5-9/h1-8,13H,17H2,(H,18,19)/t13-/m0/s1. The quantitative estimate of drug-likeness (QED) is 0.911. The minimum Gasteiger partial charge on any atom is -0.323 e. The van der Waals surface area contributed by atoms with Gasteiger partial charge in [0.05, 0.1) is 5.69 Å². The first kappa shape index (κ1) is 13.7. The maximum absolute atomic E-state index is 12.9. The van der Waals surface area contributed by atoms with E-state index in [1.807, 2.05) is 18.2 Å². The fourth-order valence-electron chi connectivity index (χ4n) is 1.61. The summed E-state index contributed by atoms with van der Waals surface area (Å²) in [6.45, 7) is 0. The third kappa shape index (κ3) is 3.39. The van der Waals surface area contributed by atoms with Crippen LogP contribution in [0.4, 0.5) is 10.1 Å². The van der Waals surface area contributed by atoms with Crippen molar-refractivity contribution in [3.05, 3.63) is 64.4 Å². The van der Waals surface area contributed by atoms with E-state index >= 15 is 0 Å². The smallest absolute Gasteiger partial charge is 0.245 e. The second kappa shape index (κ2) is 5.95. The molecule has 0 saturated carbocycles. The number of anilines is 1. The summed E-state index contributed by atoms with van der Waals surface area (Å²) in [5.74, 6) is -0.726. The van der Waals surface area contributed by atoms with Crippen LogP contribution in [0.1, 0.15) is 11.6 Å². The lowest BCUT2D eigenvalue weighted by molar-refractivity contribution is -0.117. The molecule has 0 spiro atoms. The van der Waals surface area contributed by atoms with Gasteiger partial charge in [-0.15, -0.1) is 0 Å². The molecule has 0 fully saturated rings. The Balaban J connectivity index is 2.13. The number of rotatable bonds is 3. The van der Waals surface area contributed by atoms with Gasteiger partial charge in [-0.25, -0.2) is 4.39 Å².